The standard InChI is InChI=1S/C13H9F3N2O/c1-18(8-3-2-6-17-7-8)13(19)9-4-5-10(14)12(16)11(9)15/h2-7H,1H3. The molecule has 6 heteroatoms. The van der Waals surface area contributed by atoms with Crippen molar-refractivity contribution in [3.8, 4) is 0 Å². The minimum atomic E-state index is -1.66. The number of amides is 1. The summed E-state index contributed by atoms with van der Waals surface area (Å²) >= 11 is 0. The maximum atomic E-state index is 13.5. The molecule has 0 aliphatic heterocycles. The van der Waals surface area contributed by atoms with E-state index in [2.05, 4.69) is 4.98 Å². The van der Waals surface area contributed by atoms with Gasteiger partial charge in [-0.3, -0.25) is 9.78 Å². The van der Waals surface area contributed by atoms with E-state index in [9.17, 15) is 18.0 Å². The van der Waals surface area contributed by atoms with Crippen LogP contribution in [0, 0.1) is 17.5 Å². The van der Waals surface area contributed by atoms with Gasteiger partial charge in [0.05, 0.1) is 17.4 Å². The first-order valence-corrected chi connectivity index (χ1v) is 5.34. The van der Waals surface area contributed by atoms with Crippen molar-refractivity contribution in [1.29, 1.82) is 0 Å². The number of nitrogens with zero attached hydrogens (tertiary/aromatic N) is 2. The summed E-state index contributed by atoms with van der Waals surface area (Å²) in [6, 6.07) is 4.80. The van der Waals surface area contributed by atoms with Crippen molar-refractivity contribution < 1.29 is 18.0 Å². The summed E-state index contributed by atoms with van der Waals surface area (Å²) in [4.78, 5) is 16.9. The highest BCUT2D eigenvalue weighted by Gasteiger charge is 2.22. The lowest BCUT2D eigenvalue weighted by molar-refractivity contribution is 0.0988. The number of anilines is 1. The molecular weight excluding hydrogens is 257 g/mol. The van der Waals surface area contributed by atoms with E-state index in [0.717, 1.165) is 11.0 Å². The molecular formula is C13H9F3N2O. The average molecular weight is 266 g/mol. The second-order valence-corrected chi connectivity index (χ2v) is 3.80. The second-order valence-electron chi connectivity index (χ2n) is 3.80. The molecule has 0 fully saturated rings. The summed E-state index contributed by atoms with van der Waals surface area (Å²) in [5.74, 6) is -5.28. The third-order valence-corrected chi connectivity index (χ3v) is 2.60. The summed E-state index contributed by atoms with van der Waals surface area (Å²) in [7, 11) is 1.39. The normalized spacial score (nSPS) is 10.3. The minimum Gasteiger partial charge on any atom is -0.310 e. The van der Waals surface area contributed by atoms with Crippen molar-refractivity contribution >= 4 is 11.6 Å². The molecule has 2 aromatic rings. The number of aromatic nitrogens is 1. The van der Waals surface area contributed by atoms with Gasteiger partial charge in [-0.2, -0.15) is 0 Å². The molecule has 98 valence electrons. The van der Waals surface area contributed by atoms with E-state index >= 15 is 0 Å². The molecule has 0 radical (unpaired) electrons. The Morgan fingerprint density at radius 2 is 1.89 bits per heavy atom. The lowest BCUT2D eigenvalue weighted by atomic mass is 10.1. The highest BCUT2D eigenvalue weighted by Crippen LogP contribution is 2.19. The van der Waals surface area contributed by atoms with Crippen molar-refractivity contribution in [2.24, 2.45) is 0 Å². The molecule has 0 saturated heterocycles. The zero-order valence-electron chi connectivity index (χ0n) is 9.90. The molecule has 0 atom stereocenters. The summed E-state index contributed by atoms with van der Waals surface area (Å²) in [6.07, 6.45) is 2.91. The Kier molecular flexibility index (Phi) is 3.50. The van der Waals surface area contributed by atoms with Crippen LogP contribution in [-0.2, 0) is 0 Å². The highest BCUT2D eigenvalue weighted by molar-refractivity contribution is 6.05. The zero-order chi connectivity index (χ0) is 14.0. The highest BCUT2D eigenvalue weighted by atomic mass is 19.2. The van der Waals surface area contributed by atoms with E-state index in [4.69, 9.17) is 0 Å². The maximum Gasteiger partial charge on any atom is 0.261 e. The Morgan fingerprint density at radius 3 is 2.53 bits per heavy atom. The molecule has 1 amide bonds. The molecule has 3 nitrogen and oxygen atoms in total. The fourth-order valence-corrected chi connectivity index (χ4v) is 1.54. The van der Waals surface area contributed by atoms with Gasteiger partial charge in [0, 0.05) is 13.2 Å². The second kappa shape index (κ2) is 5.09. The van der Waals surface area contributed by atoms with Gasteiger partial charge in [-0.15, -0.1) is 0 Å². The topological polar surface area (TPSA) is 33.2 Å². The third-order valence-electron chi connectivity index (χ3n) is 2.60. The first-order chi connectivity index (χ1) is 9.02. The van der Waals surface area contributed by atoms with Gasteiger partial charge in [-0.25, -0.2) is 13.2 Å². The lowest BCUT2D eigenvalue weighted by Crippen LogP contribution is -2.27. The van der Waals surface area contributed by atoms with Crippen molar-refractivity contribution in [2.75, 3.05) is 11.9 Å². The Morgan fingerprint density at radius 1 is 1.16 bits per heavy atom. The number of carbonyl (C=O) groups excluding carboxylic acids is 1. The Balaban J connectivity index is 2.38. The van der Waals surface area contributed by atoms with Gasteiger partial charge in [0.15, 0.2) is 17.5 Å². The van der Waals surface area contributed by atoms with Crippen LogP contribution in [0.1, 0.15) is 10.4 Å². The molecule has 0 bridgehead atoms. The number of rotatable bonds is 2. The first kappa shape index (κ1) is 13.1. The molecule has 19 heavy (non-hydrogen) atoms. The largest absolute Gasteiger partial charge is 0.310 e. The van der Waals surface area contributed by atoms with Gasteiger partial charge >= 0.3 is 0 Å². The maximum absolute atomic E-state index is 13.5. The molecule has 0 unspecified atom stereocenters. The van der Waals surface area contributed by atoms with Crippen LogP contribution >= 0.6 is 0 Å². The van der Waals surface area contributed by atoms with E-state index in [-0.39, 0.29) is 0 Å². The third kappa shape index (κ3) is 2.42. The fourth-order valence-electron chi connectivity index (χ4n) is 1.54. The number of benzene rings is 1. The lowest BCUT2D eigenvalue weighted by Gasteiger charge is -2.17. The van der Waals surface area contributed by atoms with Crippen LogP contribution in [0.4, 0.5) is 18.9 Å². The van der Waals surface area contributed by atoms with Crippen molar-refractivity contribution in [3.05, 3.63) is 59.7 Å². The van der Waals surface area contributed by atoms with Crippen LogP contribution in [-0.4, -0.2) is 17.9 Å². The Labute approximate surface area is 107 Å². The number of halogens is 3. The molecule has 0 N–H and O–H groups in total. The number of pyridine rings is 1. The van der Waals surface area contributed by atoms with Crippen molar-refractivity contribution in [2.45, 2.75) is 0 Å². The average Bonchev–Trinajstić information content (AvgIpc) is 2.44. The predicted molar refractivity (Wildman–Crippen MR) is 63.3 cm³/mol. The van der Waals surface area contributed by atoms with E-state index in [0.29, 0.717) is 11.8 Å². The number of carbonyl (C=O) groups is 1. The molecule has 0 aliphatic carbocycles. The summed E-state index contributed by atoms with van der Waals surface area (Å²) in [5, 5.41) is 0. The Hall–Kier alpha value is -2.37. The molecule has 0 aliphatic rings. The number of hydrogen-bond acceptors (Lipinski definition) is 2. The first-order valence-electron chi connectivity index (χ1n) is 5.34. The predicted octanol–water partition coefficient (Wildman–Crippen LogP) is 2.78. The van der Waals surface area contributed by atoms with Crippen molar-refractivity contribution in [1.82, 2.24) is 4.98 Å². The summed E-state index contributed by atoms with van der Waals surface area (Å²) < 4.78 is 39.4. The van der Waals surface area contributed by atoms with Crippen LogP contribution in [0.3, 0.4) is 0 Å². The molecule has 2 rings (SSSR count). The number of hydrogen-bond donors (Lipinski definition) is 0. The van der Waals surface area contributed by atoms with Gasteiger partial charge in [-0.05, 0) is 24.3 Å². The quantitative estimate of drug-likeness (QED) is 0.783. The van der Waals surface area contributed by atoms with Crippen LogP contribution < -0.4 is 4.90 Å². The van der Waals surface area contributed by atoms with E-state index in [1.807, 2.05) is 0 Å². The molecule has 0 spiro atoms. The zero-order valence-corrected chi connectivity index (χ0v) is 9.90. The molecule has 1 heterocycles. The fraction of sp³-hybridized carbons (Fsp3) is 0.0769. The van der Waals surface area contributed by atoms with Crippen LogP contribution in [0.5, 0.6) is 0 Å². The van der Waals surface area contributed by atoms with E-state index < -0.39 is 28.9 Å². The molecule has 1 aromatic heterocycles. The summed E-state index contributed by atoms with van der Waals surface area (Å²) in [6.45, 7) is 0. The van der Waals surface area contributed by atoms with Crippen LogP contribution in [0.15, 0.2) is 36.7 Å². The van der Waals surface area contributed by atoms with Gasteiger partial charge in [0.2, 0.25) is 0 Å². The minimum absolute atomic E-state index is 0.414. The summed E-state index contributed by atoms with van der Waals surface area (Å²) in [5.41, 5.74) is -0.123. The van der Waals surface area contributed by atoms with E-state index in [1.54, 1.807) is 12.1 Å². The monoisotopic (exact) mass is 266 g/mol. The van der Waals surface area contributed by atoms with Gasteiger partial charge in [0.25, 0.3) is 5.91 Å². The van der Waals surface area contributed by atoms with E-state index in [1.165, 1.54) is 19.4 Å². The van der Waals surface area contributed by atoms with Gasteiger partial charge in [0.1, 0.15) is 0 Å². The van der Waals surface area contributed by atoms with Crippen LogP contribution in [0.2, 0.25) is 0 Å². The van der Waals surface area contributed by atoms with Gasteiger partial charge < -0.3 is 4.90 Å². The molecule has 1 aromatic carbocycles. The van der Waals surface area contributed by atoms with Gasteiger partial charge in [-0.1, -0.05) is 0 Å². The van der Waals surface area contributed by atoms with Crippen molar-refractivity contribution in [3.63, 3.8) is 0 Å². The molecule has 0 saturated carbocycles. The Bertz CT molecular complexity index is 617. The smallest absolute Gasteiger partial charge is 0.261 e. The SMILES string of the molecule is CN(C(=O)c1ccc(F)c(F)c1F)c1cccnc1. The van der Waals surface area contributed by atoms with Crippen LogP contribution in [0.25, 0.3) is 0 Å².